The van der Waals surface area contributed by atoms with Crippen molar-refractivity contribution in [3.63, 3.8) is 0 Å². The fourth-order valence-corrected chi connectivity index (χ4v) is 2.77. The molecule has 1 aromatic heterocycles. The summed E-state index contributed by atoms with van der Waals surface area (Å²) >= 11 is 0. The lowest BCUT2D eigenvalue weighted by Gasteiger charge is -2.27. The topological polar surface area (TPSA) is 42.4 Å². The minimum atomic E-state index is 0.199. The van der Waals surface area contributed by atoms with E-state index in [2.05, 4.69) is 54.4 Å². The molecule has 0 amide bonds. The Morgan fingerprint density at radius 3 is 2.62 bits per heavy atom. The number of benzene rings is 2. The molecule has 0 aliphatic carbocycles. The Morgan fingerprint density at radius 2 is 1.90 bits per heavy atom. The van der Waals surface area contributed by atoms with Gasteiger partial charge in [-0.3, -0.25) is 4.90 Å². The highest BCUT2D eigenvalue weighted by Gasteiger charge is 2.16. The summed E-state index contributed by atoms with van der Waals surface area (Å²) in [5, 5.41) is 2.51. The Labute approximate surface area is 125 Å². The van der Waals surface area contributed by atoms with Crippen LogP contribution in [-0.4, -0.2) is 18.5 Å². The molecule has 0 saturated heterocycles. The Balaban J connectivity index is 1.86. The maximum absolute atomic E-state index is 6.01. The third-order valence-electron chi connectivity index (χ3n) is 3.93. The molecule has 0 aliphatic rings. The molecular formula is C18H20N2O. The number of hydrogen-bond acceptors (Lipinski definition) is 3. The zero-order chi connectivity index (χ0) is 14.7. The summed E-state index contributed by atoms with van der Waals surface area (Å²) in [5.41, 5.74) is 8.43. The van der Waals surface area contributed by atoms with E-state index in [1.54, 1.807) is 12.5 Å². The highest BCUT2D eigenvalue weighted by Crippen LogP contribution is 2.24. The molecule has 3 aromatic rings. The van der Waals surface area contributed by atoms with Gasteiger partial charge in [0.25, 0.3) is 0 Å². The normalized spacial score (nSPS) is 12.9. The van der Waals surface area contributed by atoms with Gasteiger partial charge >= 0.3 is 0 Å². The summed E-state index contributed by atoms with van der Waals surface area (Å²) < 4.78 is 5.13. The summed E-state index contributed by atoms with van der Waals surface area (Å²) in [6, 6.07) is 17.2. The molecule has 3 heteroatoms. The highest BCUT2D eigenvalue weighted by molar-refractivity contribution is 5.83. The Bertz CT molecular complexity index is 706. The van der Waals surface area contributed by atoms with Crippen LogP contribution in [0.3, 0.4) is 0 Å². The fourth-order valence-electron chi connectivity index (χ4n) is 2.77. The van der Waals surface area contributed by atoms with Crippen LogP contribution in [0.4, 0.5) is 0 Å². The molecular weight excluding hydrogens is 260 g/mol. The molecule has 1 unspecified atom stereocenters. The van der Waals surface area contributed by atoms with Crippen LogP contribution in [0.15, 0.2) is 65.5 Å². The second-order valence-corrected chi connectivity index (χ2v) is 5.40. The molecule has 0 bridgehead atoms. The Hall–Kier alpha value is -2.10. The van der Waals surface area contributed by atoms with E-state index < -0.39 is 0 Å². The van der Waals surface area contributed by atoms with Crippen molar-refractivity contribution in [2.24, 2.45) is 5.73 Å². The van der Waals surface area contributed by atoms with Gasteiger partial charge in [-0.2, -0.15) is 0 Å². The third kappa shape index (κ3) is 2.99. The van der Waals surface area contributed by atoms with Gasteiger partial charge in [0.2, 0.25) is 0 Å². The first kappa shape index (κ1) is 13.9. The molecule has 108 valence electrons. The molecule has 2 N–H and O–H groups in total. The van der Waals surface area contributed by atoms with Crippen LogP contribution >= 0.6 is 0 Å². The first-order chi connectivity index (χ1) is 10.3. The summed E-state index contributed by atoms with van der Waals surface area (Å²) in [5.74, 6) is 0. The second-order valence-electron chi connectivity index (χ2n) is 5.40. The van der Waals surface area contributed by atoms with Gasteiger partial charge in [-0.1, -0.05) is 36.4 Å². The zero-order valence-electron chi connectivity index (χ0n) is 12.2. The van der Waals surface area contributed by atoms with Crippen LogP contribution < -0.4 is 5.73 Å². The Kier molecular flexibility index (Phi) is 4.04. The lowest BCUT2D eigenvalue weighted by Crippen LogP contribution is -2.30. The molecule has 1 heterocycles. The third-order valence-corrected chi connectivity index (χ3v) is 3.93. The van der Waals surface area contributed by atoms with Crippen LogP contribution in [0.25, 0.3) is 10.8 Å². The van der Waals surface area contributed by atoms with Crippen molar-refractivity contribution in [3.05, 3.63) is 72.2 Å². The van der Waals surface area contributed by atoms with E-state index in [0.29, 0.717) is 6.54 Å². The van der Waals surface area contributed by atoms with Crippen LogP contribution in [0, 0.1) is 0 Å². The number of hydrogen-bond donors (Lipinski definition) is 1. The van der Waals surface area contributed by atoms with Crippen molar-refractivity contribution >= 4 is 10.8 Å². The van der Waals surface area contributed by atoms with Gasteiger partial charge in [-0.15, -0.1) is 0 Å². The molecule has 0 spiro atoms. The molecule has 3 nitrogen and oxygen atoms in total. The summed E-state index contributed by atoms with van der Waals surface area (Å²) in [6.45, 7) is 1.41. The molecule has 0 radical (unpaired) electrons. The quantitative estimate of drug-likeness (QED) is 0.777. The maximum atomic E-state index is 6.01. The van der Waals surface area contributed by atoms with Crippen LogP contribution in [-0.2, 0) is 6.54 Å². The Morgan fingerprint density at radius 1 is 1.10 bits per heavy atom. The van der Waals surface area contributed by atoms with Crippen molar-refractivity contribution in [2.75, 3.05) is 13.6 Å². The van der Waals surface area contributed by atoms with Gasteiger partial charge < -0.3 is 10.2 Å². The predicted molar refractivity (Wildman–Crippen MR) is 85.9 cm³/mol. The minimum Gasteiger partial charge on any atom is -0.472 e. The average Bonchev–Trinajstić information content (AvgIpc) is 3.01. The monoisotopic (exact) mass is 280 g/mol. The first-order valence-electron chi connectivity index (χ1n) is 7.18. The average molecular weight is 280 g/mol. The number of nitrogens with zero attached hydrogens (tertiary/aromatic N) is 1. The van der Waals surface area contributed by atoms with Crippen LogP contribution in [0.2, 0.25) is 0 Å². The SMILES string of the molecule is CN(Cc1ccoc1)C(CN)c1ccc2ccccc2c1. The number of nitrogens with two attached hydrogens (primary N) is 1. The zero-order valence-corrected chi connectivity index (χ0v) is 12.2. The van der Waals surface area contributed by atoms with Gasteiger partial charge in [-0.05, 0) is 35.5 Å². The van der Waals surface area contributed by atoms with E-state index in [4.69, 9.17) is 10.2 Å². The lowest BCUT2D eigenvalue weighted by molar-refractivity contribution is 0.241. The molecule has 1 atom stereocenters. The molecule has 0 aliphatic heterocycles. The van der Waals surface area contributed by atoms with E-state index in [-0.39, 0.29) is 6.04 Å². The van der Waals surface area contributed by atoms with Crippen molar-refractivity contribution in [1.29, 1.82) is 0 Å². The van der Waals surface area contributed by atoms with Crippen molar-refractivity contribution in [3.8, 4) is 0 Å². The standard InChI is InChI=1S/C18H20N2O/c1-20(12-14-8-9-21-13-14)18(11-19)17-7-6-15-4-2-3-5-16(15)10-17/h2-10,13,18H,11-12,19H2,1H3. The van der Waals surface area contributed by atoms with E-state index >= 15 is 0 Å². The van der Waals surface area contributed by atoms with Crippen molar-refractivity contribution in [2.45, 2.75) is 12.6 Å². The van der Waals surface area contributed by atoms with Gasteiger partial charge in [-0.25, -0.2) is 0 Å². The number of fused-ring (bicyclic) bond motifs is 1. The lowest BCUT2D eigenvalue weighted by atomic mass is 10.0. The first-order valence-corrected chi connectivity index (χ1v) is 7.18. The van der Waals surface area contributed by atoms with E-state index in [0.717, 1.165) is 12.1 Å². The number of rotatable bonds is 5. The van der Waals surface area contributed by atoms with Crippen LogP contribution in [0.1, 0.15) is 17.2 Å². The number of furan rings is 1. The summed E-state index contributed by atoms with van der Waals surface area (Å²) in [6.07, 6.45) is 3.49. The van der Waals surface area contributed by atoms with E-state index in [1.807, 2.05) is 6.07 Å². The number of likely N-dealkylation sites (N-methyl/N-ethyl adjacent to an activating group) is 1. The van der Waals surface area contributed by atoms with Crippen molar-refractivity contribution < 1.29 is 4.42 Å². The van der Waals surface area contributed by atoms with Crippen LogP contribution in [0.5, 0.6) is 0 Å². The van der Waals surface area contributed by atoms with E-state index in [9.17, 15) is 0 Å². The van der Waals surface area contributed by atoms with Gasteiger partial charge in [0.1, 0.15) is 0 Å². The summed E-state index contributed by atoms with van der Waals surface area (Å²) in [4.78, 5) is 2.26. The predicted octanol–water partition coefficient (Wildman–Crippen LogP) is 3.56. The molecule has 21 heavy (non-hydrogen) atoms. The highest BCUT2D eigenvalue weighted by atomic mass is 16.3. The second kappa shape index (κ2) is 6.12. The smallest absolute Gasteiger partial charge is 0.0947 e. The minimum absolute atomic E-state index is 0.199. The molecule has 3 rings (SSSR count). The molecule has 0 fully saturated rings. The van der Waals surface area contributed by atoms with Gasteiger partial charge in [0.05, 0.1) is 12.5 Å². The van der Waals surface area contributed by atoms with Gasteiger partial charge in [0.15, 0.2) is 0 Å². The van der Waals surface area contributed by atoms with Gasteiger partial charge in [0, 0.05) is 24.7 Å². The van der Waals surface area contributed by atoms with Crippen molar-refractivity contribution in [1.82, 2.24) is 4.90 Å². The van der Waals surface area contributed by atoms with E-state index in [1.165, 1.54) is 16.3 Å². The summed E-state index contributed by atoms with van der Waals surface area (Å²) in [7, 11) is 2.10. The maximum Gasteiger partial charge on any atom is 0.0947 e. The molecule has 0 saturated carbocycles. The fraction of sp³-hybridized carbons (Fsp3) is 0.222. The molecule has 2 aromatic carbocycles. The largest absolute Gasteiger partial charge is 0.472 e.